The van der Waals surface area contributed by atoms with E-state index in [4.69, 9.17) is 0 Å². The van der Waals surface area contributed by atoms with Gasteiger partial charge in [-0.05, 0) is 13.0 Å². The first-order chi connectivity index (χ1) is 3.66. The molecule has 3 heteroatoms. The van der Waals surface area contributed by atoms with Crippen LogP contribution in [-0.2, 0) is 0 Å². The van der Waals surface area contributed by atoms with Crippen LogP contribution in [0.2, 0.25) is 0 Å². The van der Waals surface area contributed by atoms with Gasteiger partial charge in [0.25, 0.3) is 6.08 Å². The second-order valence-corrected chi connectivity index (χ2v) is 1.02. The Morgan fingerprint density at radius 2 is 1.75 bits per heavy atom. The van der Waals surface area contributed by atoms with E-state index in [0.29, 0.717) is 6.08 Å². The molecule has 0 aromatic heterocycles. The summed E-state index contributed by atoms with van der Waals surface area (Å²) in [5.74, 6) is -1.02. The van der Waals surface area contributed by atoms with Crippen LogP contribution in [0.15, 0.2) is 24.1 Å². The van der Waals surface area contributed by atoms with Gasteiger partial charge in [-0.1, -0.05) is 0 Å². The molecule has 0 aromatic rings. The Bertz CT molecular complexity index is 120. The summed E-state index contributed by atoms with van der Waals surface area (Å²) in [5, 5.41) is 0. The molecule has 0 unspecified atom stereocenters. The highest BCUT2D eigenvalue weighted by atomic mass is 19.3. The molecule has 0 aliphatic heterocycles. The van der Waals surface area contributed by atoms with Crippen molar-refractivity contribution >= 4 is 0 Å². The van der Waals surface area contributed by atoms with Gasteiger partial charge in [0.1, 0.15) is 5.83 Å². The minimum atomic E-state index is -2.05. The van der Waals surface area contributed by atoms with Gasteiger partial charge in [0.05, 0.1) is 0 Å². The fraction of sp³-hybridized carbons (Fsp3) is 0. The van der Waals surface area contributed by atoms with Crippen molar-refractivity contribution in [3.05, 3.63) is 31.0 Å². The second kappa shape index (κ2) is 3.29. The molecule has 0 spiro atoms. The molecule has 8 heavy (non-hydrogen) atoms. The smallest absolute Gasteiger partial charge is 0.207 e. The van der Waals surface area contributed by atoms with Crippen LogP contribution in [0.5, 0.6) is 0 Å². The molecule has 0 fully saturated rings. The van der Waals surface area contributed by atoms with Crippen LogP contribution in [-0.4, -0.2) is 0 Å². The first-order valence-corrected chi connectivity index (χ1v) is 1.84. The maximum absolute atomic E-state index is 11.6. The van der Waals surface area contributed by atoms with Crippen molar-refractivity contribution in [3.8, 4) is 0 Å². The SMILES string of the molecule is [CH2]/C=C(\F)C=C(F)F. The molecule has 0 nitrogen and oxygen atoms in total. The Morgan fingerprint density at radius 1 is 1.25 bits per heavy atom. The van der Waals surface area contributed by atoms with Gasteiger partial charge in [-0.25, -0.2) is 4.39 Å². The lowest BCUT2D eigenvalue weighted by molar-refractivity contribution is 0.417. The number of allylic oxidation sites excluding steroid dienone is 3. The Morgan fingerprint density at radius 3 is 1.88 bits per heavy atom. The van der Waals surface area contributed by atoms with E-state index in [9.17, 15) is 13.2 Å². The molecule has 0 aromatic carbocycles. The fourth-order valence-corrected chi connectivity index (χ4v) is 0.163. The van der Waals surface area contributed by atoms with Crippen molar-refractivity contribution < 1.29 is 13.2 Å². The van der Waals surface area contributed by atoms with Gasteiger partial charge in [-0.15, -0.1) is 0 Å². The van der Waals surface area contributed by atoms with E-state index in [2.05, 4.69) is 6.92 Å². The van der Waals surface area contributed by atoms with Crippen molar-refractivity contribution in [1.82, 2.24) is 0 Å². The van der Waals surface area contributed by atoms with E-state index < -0.39 is 11.9 Å². The highest BCUT2D eigenvalue weighted by Gasteiger charge is 1.89. The third kappa shape index (κ3) is 3.46. The van der Waals surface area contributed by atoms with Crippen LogP contribution in [0, 0.1) is 6.92 Å². The lowest BCUT2D eigenvalue weighted by Crippen LogP contribution is -1.62. The van der Waals surface area contributed by atoms with Gasteiger partial charge in [0.2, 0.25) is 0 Å². The average Bonchev–Trinajstić information content (AvgIpc) is 1.65. The molecule has 45 valence electrons. The molecule has 0 bridgehead atoms. The summed E-state index contributed by atoms with van der Waals surface area (Å²) in [5.41, 5.74) is 0. The Balaban J connectivity index is 3.89. The van der Waals surface area contributed by atoms with Crippen molar-refractivity contribution in [2.45, 2.75) is 0 Å². The van der Waals surface area contributed by atoms with Gasteiger partial charge in [0.15, 0.2) is 0 Å². The highest BCUT2D eigenvalue weighted by molar-refractivity contribution is 5.11. The summed E-state index contributed by atoms with van der Waals surface area (Å²) in [4.78, 5) is 0. The summed E-state index contributed by atoms with van der Waals surface area (Å²) in [6, 6.07) is 0. The number of hydrogen-bond donors (Lipinski definition) is 0. The number of hydrogen-bond acceptors (Lipinski definition) is 0. The molecule has 0 heterocycles. The predicted molar refractivity (Wildman–Crippen MR) is 24.8 cm³/mol. The average molecular weight is 121 g/mol. The summed E-state index contributed by atoms with van der Waals surface area (Å²) in [6.45, 7) is 2.92. The zero-order valence-corrected chi connectivity index (χ0v) is 4.00. The third-order valence-electron chi connectivity index (χ3n) is 0.442. The zero-order valence-electron chi connectivity index (χ0n) is 4.00. The third-order valence-corrected chi connectivity index (χ3v) is 0.442. The highest BCUT2D eigenvalue weighted by Crippen LogP contribution is 2.04. The molecule has 0 aliphatic carbocycles. The predicted octanol–water partition coefficient (Wildman–Crippen LogP) is 2.45. The van der Waals surface area contributed by atoms with E-state index in [1.807, 2.05) is 0 Å². The normalized spacial score (nSPS) is 11.2. The van der Waals surface area contributed by atoms with Crippen molar-refractivity contribution in [2.24, 2.45) is 0 Å². The van der Waals surface area contributed by atoms with Gasteiger partial charge in [-0.2, -0.15) is 8.78 Å². The lowest BCUT2D eigenvalue weighted by atomic mass is 10.5. The Hall–Kier alpha value is -0.730. The monoisotopic (exact) mass is 121 g/mol. The fourth-order valence-electron chi connectivity index (χ4n) is 0.163. The van der Waals surface area contributed by atoms with E-state index in [0.717, 1.165) is 0 Å². The van der Waals surface area contributed by atoms with Crippen LogP contribution in [0.25, 0.3) is 0 Å². The van der Waals surface area contributed by atoms with Crippen LogP contribution >= 0.6 is 0 Å². The molecular weight excluding hydrogens is 117 g/mol. The molecule has 0 atom stereocenters. The quantitative estimate of drug-likeness (QED) is 0.467. The first kappa shape index (κ1) is 7.27. The molecule has 0 saturated carbocycles. The Kier molecular flexibility index (Phi) is 2.99. The molecule has 0 N–H and O–H groups in total. The number of halogens is 3. The molecule has 0 rings (SSSR count). The van der Waals surface area contributed by atoms with Crippen LogP contribution in [0.1, 0.15) is 0 Å². The molecular formula is C5H4F3. The summed E-state index contributed by atoms with van der Waals surface area (Å²) >= 11 is 0. The molecule has 0 saturated heterocycles. The van der Waals surface area contributed by atoms with Gasteiger partial charge in [-0.3, -0.25) is 0 Å². The van der Waals surface area contributed by atoms with E-state index in [1.54, 1.807) is 0 Å². The van der Waals surface area contributed by atoms with E-state index >= 15 is 0 Å². The maximum atomic E-state index is 11.6. The van der Waals surface area contributed by atoms with Crippen molar-refractivity contribution in [1.29, 1.82) is 0 Å². The minimum Gasteiger partial charge on any atom is -0.207 e. The van der Waals surface area contributed by atoms with Crippen molar-refractivity contribution in [2.75, 3.05) is 0 Å². The summed E-state index contributed by atoms with van der Waals surface area (Å²) < 4.78 is 33.7. The zero-order chi connectivity index (χ0) is 6.57. The minimum absolute atomic E-state index is 0.104. The maximum Gasteiger partial charge on any atom is 0.273 e. The molecule has 0 amide bonds. The van der Waals surface area contributed by atoms with E-state index in [-0.39, 0.29) is 6.08 Å². The van der Waals surface area contributed by atoms with Gasteiger partial charge in [0, 0.05) is 6.08 Å². The topological polar surface area (TPSA) is 0 Å². The van der Waals surface area contributed by atoms with Crippen LogP contribution in [0.3, 0.4) is 0 Å². The van der Waals surface area contributed by atoms with Crippen LogP contribution in [0.4, 0.5) is 13.2 Å². The lowest BCUT2D eigenvalue weighted by Gasteiger charge is -1.78. The Labute approximate surface area is 45.3 Å². The van der Waals surface area contributed by atoms with Gasteiger partial charge < -0.3 is 0 Å². The van der Waals surface area contributed by atoms with Gasteiger partial charge >= 0.3 is 0 Å². The summed E-state index contributed by atoms with van der Waals surface area (Å²) in [6.07, 6.45) is -1.24. The summed E-state index contributed by atoms with van der Waals surface area (Å²) in [7, 11) is 0. The van der Waals surface area contributed by atoms with E-state index in [1.165, 1.54) is 0 Å². The first-order valence-electron chi connectivity index (χ1n) is 1.84. The standard InChI is InChI=1S/C5H4F3/c1-2-4(6)3-5(7)8/h2-3H,1H2/b4-2-. The second-order valence-electron chi connectivity index (χ2n) is 1.02. The van der Waals surface area contributed by atoms with Crippen LogP contribution < -0.4 is 0 Å². The largest absolute Gasteiger partial charge is 0.273 e. The van der Waals surface area contributed by atoms with Crippen molar-refractivity contribution in [3.63, 3.8) is 0 Å². The number of rotatable bonds is 1. The molecule has 1 radical (unpaired) electrons. The molecule has 0 aliphatic rings.